The summed E-state index contributed by atoms with van der Waals surface area (Å²) in [7, 11) is 0. The van der Waals surface area contributed by atoms with Gasteiger partial charge in [0.15, 0.2) is 0 Å². The molecule has 6 heteroatoms. The highest BCUT2D eigenvalue weighted by atomic mass is 16.2. The lowest BCUT2D eigenvalue weighted by Gasteiger charge is -2.27. The molecule has 1 aliphatic rings. The van der Waals surface area contributed by atoms with Crippen LogP contribution in [0.4, 0.5) is 0 Å². The van der Waals surface area contributed by atoms with Crippen molar-refractivity contribution in [3.63, 3.8) is 0 Å². The van der Waals surface area contributed by atoms with Crippen molar-refractivity contribution in [2.45, 2.75) is 45.2 Å². The summed E-state index contributed by atoms with van der Waals surface area (Å²) in [5, 5.41) is 2.86. The SMILES string of the molecule is CC[C@@H]1C(=O)NCCCN1C(=O)CCCn1ccnc1. The maximum atomic E-state index is 12.3. The molecule has 1 aromatic heterocycles. The average Bonchev–Trinajstić information content (AvgIpc) is 2.87. The Bertz CT molecular complexity index is 444. The fraction of sp³-hybridized carbons (Fsp3) is 0.643. The van der Waals surface area contributed by atoms with E-state index in [0.717, 1.165) is 19.4 Å². The van der Waals surface area contributed by atoms with E-state index in [4.69, 9.17) is 0 Å². The van der Waals surface area contributed by atoms with Gasteiger partial charge in [0.2, 0.25) is 11.8 Å². The number of rotatable bonds is 5. The number of amides is 2. The van der Waals surface area contributed by atoms with E-state index < -0.39 is 0 Å². The van der Waals surface area contributed by atoms with Gasteiger partial charge < -0.3 is 14.8 Å². The average molecular weight is 278 g/mol. The zero-order chi connectivity index (χ0) is 14.4. The Labute approximate surface area is 119 Å². The molecule has 1 atom stereocenters. The molecule has 0 aromatic carbocycles. The van der Waals surface area contributed by atoms with Crippen LogP contribution in [0.15, 0.2) is 18.7 Å². The Kier molecular flexibility index (Phi) is 5.15. The monoisotopic (exact) mass is 278 g/mol. The van der Waals surface area contributed by atoms with Gasteiger partial charge in [0.1, 0.15) is 6.04 Å². The molecule has 6 nitrogen and oxygen atoms in total. The number of nitrogens with one attached hydrogen (secondary N) is 1. The molecule has 0 spiro atoms. The van der Waals surface area contributed by atoms with Crippen LogP contribution in [0.2, 0.25) is 0 Å². The van der Waals surface area contributed by atoms with E-state index in [2.05, 4.69) is 10.3 Å². The highest BCUT2D eigenvalue weighted by molar-refractivity contribution is 5.88. The summed E-state index contributed by atoms with van der Waals surface area (Å²) in [5.41, 5.74) is 0. The number of nitrogens with zero attached hydrogens (tertiary/aromatic N) is 3. The van der Waals surface area contributed by atoms with E-state index in [1.54, 1.807) is 17.4 Å². The van der Waals surface area contributed by atoms with Crippen LogP contribution in [0.25, 0.3) is 0 Å². The molecule has 2 amide bonds. The molecular formula is C14H22N4O2. The van der Waals surface area contributed by atoms with Gasteiger partial charge in [-0.2, -0.15) is 0 Å². The summed E-state index contributed by atoms with van der Waals surface area (Å²) in [6.07, 6.45) is 8.10. The smallest absolute Gasteiger partial charge is 0.242 e. The second kappa shape index (κ2) is 7.07. The Balaban J connectivity index is 1.87. The third kappa shape index (κ3) is 3.59. The topological polar surface area (TPSA) is 67.2 Å². The van der Waals surface area contributed by atoms with Gasteiger partial charge in [-0.05, 0) is 19.3 Å². The Hall–Kier alpha value is -1.85. The van der Waals surface area contributed by atoms with E-state index in [1.165, 1.54) is 0 Å². The van der Waals surface area contributed by atoms with E-state index in [0.29, 0.717) is 25.9 Å². The lowest BCUT2D eigenvalue weighted by molar-refractivity contribution is -0.139. The summed E-state index contributed by atoms with van der Waals surface area (Å²) in [5.74, 6) is 0.0574. The largest absolute Gasteiger partial charge is 0.354 e. The number of hydrogen-bond acceptors (Lipinski definition) is 3. The fourth-order valence-electron chi connectivity index (χ4n) is 2.56. The molecule has 0 radical (unpaired) electrons. The van der Waals surface area contributed by atoms with Gasteiger partial charge in [-0.3, -0.25) is 9.59 Å². The first-order valence-corrected chi connectivity index (χ1v) is 7.25. The summed E-state index contributed by atoms with van der Waals surface area (Å²) in [4.78, 5) is 29.9. The summed E-state index contributed by atoms with van der Waals surface area (Å²) in [6.45, 7) is 4.05. The molecule has 1 aliphatic heterocycles. The second-order valence-corrected chi connectivity index (χ2v) is 5.06. The van der Waals surface area contributed by atoms with Gasteiger partial charge in [-0.15, -0.1) is 0 Å². The van der Waals surface area contributed by atoms with Crippen molar-refractivity contribution in [3.05, 3.63) is 18.7 Å². The minimum Gasteiger partial charge on any atom is -0.354 e. The Morgan fingerprint density at radius 2 is 2.40 bits per heavy atom. The van der Waals surface area contributed by atoms with Gasteiger partial charge >= 0.3 is 0 Å². The van der Waals surface area contributed by atoms with Crippen molar-refractivity contribution in [3.8, 4) is 0 Å². The van der Waals surface area contributed by atoms with Crippen LogP contribution in [0.1, 0.15) is 32.6 Å². The molecule has 0 saturated carbocycles. The predicted molar refractivity (Wildman–Crippen MR) is 74.9 cm³/mol. The molecular weight excluding hydrogens is 256 g/mol. The fourth-order valence-corrected chi connectivity index (χ4v) is 2.56. The maximum Gasteiger partial charge on any atom is 0.242 e. The number of imidazole rings is 1. The summed E-state index contributed by atoms with van der Waals surface area (Å²) in [6, 6.07) is -0.307. The molecule has 110 valence electrons. The second-order valence-electron chi connectivity index (χ2n) is 5.06. The molecule has 0 unspecified atom stereocenters. The van der Waals surface area contributed by atoms with Crippen LogP contribution in [0.3, 0.4) is 0 Å². The highest BCUT2D eigenvalue weighted by Crippen LogP contribution is 2.12. The molecule has 1 N–H and O–H groups in total. The van der Waals surface area contributed by atoms with E-state index in [-0.39, 0.29) is 17.9 Å². The van der Waals surface area contributed by atoms with Crippen LogP contribution in [0.5, 0.6) is 0 Å². The summed E-state index contributed by atoms with van der Waals surface area (Å²) < 4.78 is 1.96. The van der Waals surface area contributed by atoms with Gasteiger partial charge in [-0.25, -0.2) is 4.98 Å². The van der Waals surface area contributed by atoms with E-state index in [9.17, 15) is 9.59 Å². The predicted octanol–water partition coefficient (Wildman–Crippen LogP) is 0.790. The molecule has 0 bridgehead atoms. The minimum atomic E-state index is -0.307. The van der Waals surface area contributed by atoms with Crippen molar-refractivity contribution in [1.82, 2.24) is 19.8 Å². The Morgan fingerprint density at radius 1 is 1.55 bits per heavy atom. The van der Waals surface area contributed by atoms with Crippen LogP contribution >= 0.6 is 0 Å². The van der Waals surface area contributed by atoms with Gasteiger partial charge in [-0.1, -0.05) is 6.92 Å². The first kappa shape index (κ1) is 14.6. The van der Waals surface area contributed by atoms with Crippen molar-refractivity contribution < 1.29 is 9.59 Å². The van der Waals surface area contributed by atoms with Gasteiger partial charge in [0, 0.05) is 38.4 Å². The number of hydrogen-bond donors (Lipinski definition) is 1. The van der Waals surface area contributed by atoms with Crippen LogP contribution in [0, 0.1) is 0 Å². The third-order valence-electron chi connectivity index (χ3n) is 3.63. The van der Waals surface area contributed by atoms with Crippen LogP contribution in [-0.2, 0) is 16.1 Å². The number of carbonyl (C=O) groups excluding carboxylic acids is 2. The van der Waals surface area contributed by atoms with Crippen LogP contribution < -0.4 is 5.32 Å². The number of carbonyl (C=O) groups is 2. The Morgan fingerprint density at radius 3 is 3.10 bits per heavy atom. The maximum absolute atomic E-state index is 12.3. The van der Waals surface area contributed by atoms with Crippen molar-refractivity contribution in [1.29, 1.82) is 0 Å². The van der Waals surface area contributed by atoms with Gasteiger partial charge in [0.25, 0.3) is 0 Å². The van der Waals surface area contributed by atoms with E-state index >= 15 is 0 Å². The molecule has 1 aromatic rings. The molecule has 0 aliphatic carbocycles. The molecule has 1 saturated heterocycles. The standard InChI is InChI=1S/C14H22N4O2/c1-2-12-14(20)16-6-4-9-18(12)13(19)5-3-8-17-10-7-15-11-17/h7,10-12H,2-6,8-9H2,1H3,(H,16,20)/t12-/m1/s1. The normalized spacial score (nSPS) is 19.6. The van der Waals surface area contributed by atoms with Gasteiger partial charge in [0.05, 0.1) is 6.33 Å². The summed E-state index contributed by atoms with van der Waals surface area (Å²) >= 11 is 0. The molecule has 2 heterocycles. The van der Waals surface area contributed by atoms with Crippen molar-refractivity contribution in [2.24, 2.45) is 0 Å². The highest BCUT2D eigenvalue weighted by Gasteiger charge is 2.29. The van der Waals surface area contributed by atoms with Crippen LogP contribution in [-0.4, -0.2) is 45.4 Å². The molecule has 20 heavy (non-hydrogen) atoms. The number of aromatic nitrogens is 2. The lowest BCUT2D eigenvalue weighted by Crippen LogP contribution is -2.46. The minimum absolute atomic E-state index is 0.0204. The van der Waals surface area contributed by atoms with Crippen molar-refractivity contribution in [2.75, 3.05) is 13.1 Å². The van der Waals surface area contributed by atoms with Crippen molar-refractivity contribution >= 4 is 11.8 Å². The molecule has 1 fully saturated rings. The molecule has 2 rings (SSSR count). The zero-order valence-corrected chi connectivity index (χ0v) is 11.9. The first-order chi connectivity index (χ1) is 9.72. The lowest BCUT2D eigenvalue weighted by atomic mass is 10.1. The zero-order valence-electron chi connectivity index (χ0n) is 11.9. The third-order valence-corrected chi connectivity index (χ3v) is 3.63. The first-order valence-electron chi connectivity index (χ1n) is 7.25. The number of aryl methyl sites for hydroxylation is 1. The van der Waals surface area contributed by atoms with E-state index in [1.807, 2.05) is 17.7 Å². The quantitative estimate of drug-likeness (QED) is 0.866.